The number of hydrogen-bond donors (Lipinski definition) is 2. The van der Waals surface area contributed by atoms with Gasteiger partial charge in [0, 0.05) is 19.6 Å². The van der Waals surface area contributed by atoms with E-state index in [0.717, 1.165) is 16.9 Å². The Morgan fingerprint density at radius 3 is 2.38 bits per heavy atom. The molecule has 198 valence electrons. The molecule has 0 spiro atoms. The van der Waals surface area contributed by atoms with Crippen molar-refractivity contribution in [1.82, 2.24) is 15.1 Å². The number of benzene rings is 2. The van der Waals surface area contributed by atoms with E-state index >= 15 is 0 Å². The highest BCUT2D eigenvalue weighted by Crippen LogP contribution is 2.27. The van der Waals surface area contributed by atoms with E-state index in [1.54, 1.807) is 18.2 Å². The number of carboxylic acid groups (broad SMARTS) is 1. The number of imide groups is 1. The minimum atomic E-state index is -1.21. The Morgan fingerprint density at radius 1 is 1.03 bits per heavy atom. The monoisotopic (exact) mass is 509 g/mol. The van der Waals surface area contributed by atoms with Gasteiger partial charge >= 0.3 is 12.0 Å². The van der Waals surface area contributed by atoms with E-state index in [-0.39, 0.29) is 43.1 Å². The molecule has 37 heavy (non-hydrogen) atoms. The van der Waals surface area contributed by atoms with Gasteiger partial charge in [-0.3, -0.25) is 14.5 Å². The van der Waals surface area contributed by atoms with E-state index in [4.69, 9.17) is 4.74 Å². The molecule has 1 heterocycles. The van der Waals surface area contributed by atoms with Crippen molar-refractivity contribution in [2.75, 3.05) is 19.7 Å². The summed E-state index contributed by atoms with van der Waals surface area (Å²) in [6.45, 7) is 6.80. The summed E-state index contributed by atoms with van der Waals surface area (Å²) in [7, 11) is 0. The molecule has 0 aromatic heterocycles. The fourth-order valence-corrected chi connectivity index (χ4v) is 4.12. The van der Waals surface area contributed by atoms with Crippen molar-refractivity contribution >= 4 is 23.8 Å². The van der Waals surface area contributed by atoms with Crippen molar-refractivity contribution in [3.8, 4) is 5.75 Å². The summed E-state index contributed by atoms with van der Waals surface area (Å²) in [5.74, 6) is -1.41. The minimum Gasteiger partial charge on any atom is -0.494 e. The van der Waals surface area contributed by atoms with Gasteiger partial charge in [0.1, 0.15) is 11.8 Å². The van der Waals surface area contributed by atoms with Crippen LogP contribution in [-0.2, 0) is 11.3 Å². The molecule has 4 amide bonds. The van der Waals surface area contributed by atoms with Gasteiger partial charge in [0.25, 0.3) is 11.8 Å². The number of carbonyl (C=O) groups excluding carboxylic acids is 3. The first-order chi connectivity index (χ1) is 17.7. The summed E-state index contributed by atoms with van der Waals surface area (Å²) in [6.07, 6.45) is 1.33. The molecule has 0 saturated carbocycles. The molecule has 1 aliphatic rings. The number of urea groups is 1. The Kier molecular flexibility index (Phi) is 9.65. The van der Waals surface area contributed by atoms with E-state index in [2.05, 4.69) is 5.32 Å². The molecule has 0 radical (unpaired) electrons. The number of aliphatic carboxylic acids is 1. The molecular weight excluding hydrogens is 474 g/mol. The van der Waals surface area contributed by atoms with Gasteiger partial charge in [0.15, 0.2) is 0 Å². The molecule has 1 unspecified atom stereocenters. The average molecular weight is 510 g/mol. The summed E-state index contributed by atoms with van der Waals surface area (Å²) in [5.41, 5.74) is 1.39. The summed E-state index contributed by atoms with van der Waals surface area (Å²) < 4.78 is 5.58. The standard InChI is InChI=1S/C28H35N3O6/c1-4-16-37-21-10-11-22-23(17-21)26(33)31(25(22)32)15-13-24(27(34)35)30(14-12-19(2)3)28(36)29-18-20-8-6-5-7-9-20/h5-11,17,19,24H,4,12-16,18H2,1-3H3,(H,29,36)(H,34,35). The van der Waals surface area contributed by atoms with Gasteiger partial charge in [0.2, 0.25) is 0 Å². The second kappa shape index (κ2) is 12.9. The van der Waals surface area contributed by atoms with E-state index in [0.29, 0.717) is 18.8 Å². The maximum absolute atomic E-state index is 13.1. The Morgan fingerprint density at radius 2 is 1.73 bits per heavy atom. The van der Waals surface area contributed by atoms with Crippen LogP contribution in [0.4, 0.5) is 4.79 Å². The smallest absolute Gasteiger partial charge is 0.326 e. The zero-order valence-electron chi connectivity index (χ0n) is 21.6. The summed E-state index contributed by atoms with van der Waals surface area (Å²) in [6, 6.07) is 12.4. The molecule has 2 aromatic carbocycles. The Bertz CT molecular complexity index is 1120. The SMILES string of the molecule is CCCOc1ccc2c(c1)C(=O)N(CCC(C(=O)O)N(CCC(C)C)C(=O)NCc1ccccc1)C2=O. The Balaban J connectivity index is 1.72. The van der Waals surface area contributed by atoms with Crippen molar-refractivity contribution in [1.29, 1.82) is 0 Å². The van der Waals surface area contributed by atoms with Gasteiger partial charge in [0.05, 0.1) is 17.7 Å². The van der Waals surface area contributed by atoms with Crippen LogP contribution in [-0.4, -0.2) is 64.5 Å². The first-order valence-corrected chi connectivity index (χ1v) is 12.7. The van der Waals surface area contributed by atoms with E-state index in [1.807, 2.05) is 51.1 Å². The van der Waals surface area contributed by atoms with Crippen LogP contribution in [0.3, 0.4) is 0 Å². The number of hydrogen-bond acceptors (Lipinski definition) is 5. The molecule has 9 nitrogen and oxygen atoms in total. The topological polar surface area (TPSA) is 116 Å². The highest BCUT2D eigenvalue weighted by molar-refractivity contribution is 6.21. The molecule has 1 atom stereocenters. The van der Waals surface area contributed by atoms with E-state index in [9.17, 15) is 24.3 Å². The summed E-state index contributed by atoms with van der Waals surface area (Å²) in [5, 5.41) is 12.8. The van der Waals surface area contributed by atoms with Crippen LogP contribution < -0.4 is 10.1 Å². The fourth-order valence-electron chi connectivity index (χ4n) is 4.12. The van der Waals surface area contributed by atoms with E-state index in [1.165, 1.54) is 4.90 Å². The maximum atomic E-state index is 13.1. The average Bonchev–Trinajstić information content (AvgIpc) is 3.12. The normalized spacial score (nSPS) is 13.5. The zero-order valence-corrected chi connectivity index (χ0v) is 21.6. The van der Waals surface area contributed by atoms with Crippen molar-refractivity contribution in [2.45, 2.75) is 52.6 Å². The second-order valence-electron chi connectivity index (χ2n) is 9.48. The highest BCUT2D eigenvalue weighted by Gasteiger charge is 2.38. The first kappa shape index (κ1) is 27.7. The third kappa shape index (κ3) is 7.09. The number of carboxylic acids is 1. The molecule has 0 aliphatic carbocycles. The van der Waals surface area contributed by atoms with Crippen molar-refractivity contribution in [3.05, 3.63) is 65.2 Å². The number of rotatable bonds is 13. The predicted octanol–water partition coefficient (Wildman–Crippen LogP) is 4.17. The van der Waals surface area contributed by atoms with Crippen LogP contribution in [0.15, 0.2) is 48.5 Å². The molecule has 2 aromatic rings. The van der Waals surface area contributed by atoms with Crippen LogP contribution in [0, 0.1) is 5.92 Å². The molecular formula is C28H35N3O6. The maximum Gasteiger partial charge on any atom is 0.326 e. The largest absolute Gasteiger partial charge is 0.494 e. The number of amides is 4. The van der Waals surface area contributed by atoms with Crippen LogP contribution in [0.25, 0.3) is 0 Å². The lowest BCUT2D eigenvalue weighted by atomic mass is 10.1. The summed E-state index contributed by atoms with van der Waals surface area (Å²) in [4.78, 5) is 53.6. The third-order valence-electron chi connectivity index (χ3n) is 6.20. The molecule has 0 bridgehead atoms. The lowest BCUT2D eigenvalue weighted by molar-refractivity contribution is -0.142. The van der Waals surface area contributed by atoms with Crippen molar-refractivity contribution in [2.24, 2.45) is 5.92 Å². The van der Waals surface area contributed by atoms with Gasteiger partial charge in [-0.25, -0.2) is 9.59 Å². The molecule has 0 saturated heterocycles. The number of fused-ring (bicyclic) bond motifs is 1. The van der Waals surface area contributed by atoms with Crippen LogP contribution >= 0.6 is 0 Å². The number of nitrogens with one attached hydrogen (secondary N) is 1. The van der Waals surface area contributed by atoms with Crippen LogP contribution in [0.2, 0.25) is 0 Å². The molecule has 9 heteroatoms. The van der Waals surface area contributed by atoms with Gasteiger partial charge in [-0.2, -0.15) is 0 Å². The van der Waals surface area contributed by atoms with Gasteiger partial charge in [-0.15, -0.1) is 0 Å². The summed E-state index contributed by atoms with van der Waals surface area (Å²) >= 11 is 0. The quantitative estimate of drug-likeness (QED) is 0.392. The highest BCUT2D eigenvalue weighted by atomic mass is 16.5. The molecule has 2 N–H and O–H groups in total. The second-order valence-corrected chi connectivity index (χ2v) is 9.48. The first-order valence-electron chi connectivity index (χ1n) is 12.7. The van der Waals surface area contributed by atoms with E-state index < -0.39 is 29.9 Å². The minimum absolute atomic E-state index is 0.0865. The van der Waals surface area contributed by atoms with Crippen LogP contribution in [0.5, 0.6) is 5.75 Å². The molecule has 1 aliphatic heterocycles. The fraction of sp³-hybridized carbons (Fsp3) is 0.429. The Labute approximate surface area is 217 Å². The third-order valence-corrected chi connectivity index (χ3v) is 6.20. The number of ether oxygens (including phenoxy) is 1. The van der Waals surface area contributed by atoms with Crippen molar-refractivity contribution in [3.63, 3.8) is 0 Å². The lowest BCUT2D eigenvalue weighted by Gasteiger charge is -2.30. The Hall–Kier alpha value is -3.88. The van der Waals surface area contributed by atoms with Crippen LogP contribution in [0.1, 0.15) is 66.3 Å². The number of carbonyl (C=O) groups is 4. The van der Waals surface area contributed by atoms with Gasteiger partial charge < -0.3 is 20.1 Å². The van der Waals surface area contributed by atoms with Gasteiger partial charge in [-0.1, -0.05) is 51.1 Å². The lowest BCUT2D eigenvalue weighted by Crippen LogP contribution is -2.51. The molecule has 3 rings (SSSR count). The molecule has 0 fully saturated rings. The van der Waals surface area contributed by atoms with Crippen molar-refractivity contribution < 1.29 is 29.0 Å². The van der Waals surface area contributed by atoms with Gasteiger partial charge in [-0.05, 0) is 48.9 Å². The number of nitrogens with zero attached hydrogens (tertiary/aromatic N) is 2. The predicted molar refractivity (Wildman–Crippen MR) is 138 cm³/mol. The zero-order chi connectivity index (χ0) is 26.9.